The Bertz CT molecular complexity index is 426. The molecule has 1 saturated heterocycles. The molecule has 1 aliphatic rings. The first-order valence-electron chi connectivity index (χ1n) is 5.76. The average Bonchev–Trinajstić information content (AvgIpc) is 2.87. The largest absolute Gasteiger partial charge is 0.453 e. The predicted molar refractivity (Wildman–Crippen MR) is 68.2 cm³/mol. The van der Waals surface area contributed by atoms with Gasteiger partial charge in [-0.15, -0.1) is 0 Å². The number of methoxy groups -OCH3 is 1. The van der Waals surface area contributed by atoms with E-state index in [1.54, 1.807) is 6.07 Å². The number of carbonyl (C=O) groups excluding carboxylic acids is 1. The maximum atomic E-state index is 11.1. The van der Waals surface area contributed by atoms with E-state index >= 15 is 0 Å². The zero-order chi connectivity index (χ0) is 13.0. The highest BCUT2D eigenvalue weighted by atomic mass is 16.5. The highest BCUT2D eigenvalue weighted by molar-refractivity contribution is 5.67. The summed E-state index contributed by atoms with van der Waals surface area (Å²) in [5, 5.41) is 2.79. The minimum atomic E-state index is -0.396. The van der Waals surface area contributed by atoms with Crippen molar-refractivity contribution in [1.82, 2.24) is 10.3 Å². The standard InChI is InChI=1S/C11H17N5O2/c1-18-11(17)13-8-5-6-16(7-8)10-4-2-3-9(14-10)15-12/h2-4,8H,5-7,12H2,1H3,(H,13,17)(H,14,15). The summed E-state index contributed by atoms with van der Waals surface area (Å²) in [6.45, 7) is 1.56. The fraction of sp³-hybridized carbons (Fsp3) is 0.455. The number of hydrazine groups is 1. The van der Waals surface area contributed by atoms with Crippen molar-refractivity contribution in [3.63, 3.8) is 0 Å². The monoisotopic (exact) mass is 251 g/mol. The lowest BCUT2D eigenvalue weighted by molar-refractivity contribution is 0.167. The Kier molecular flexibility index (Phi) is 3.83. The Morgan fingerprint density at radius 3 is 3.17 bits per heavy atom. The van der Waals surface area contributed by atoms with Gasteiger partial charge in [0.2, 0.25) is 0 Å². The number of hydrogen-bond donors (Lipinski definition) is 3. The molecule has 2 rings (SSSR count). The number of pyridine rings is 1. The van der Waals surface area contributed by atoms with Gasteiger partial charge in [0.05, 0.1) is 13.2 Å². The number of nitrogens with zero attached hydrogens (tertiary/aromatic N) is 2. The molecule has 1 atom stereocenters. The Balaban J connectivity index is 1.97. The van der Waals surface area contributed by atoms with Gasteiger partial charge in [-0.1, -0.05) is 6.07 Å². The summed E-state index contributed by atoms with van der Waals surface area (Å²) in [6, 6.07) is 5.69. The summed E-state index contributed by atoms with van der Waals surface area (Å²) >= 11 is 0. The second-order valence-electron chi connectivity index (χ2n) is 4.09. The number of rotatable bonds is 3. The zero-order valence-corrected chi connectivity index (χ0v) is 10.2. The number of nitrogens with one attached hydrogen (secondary N) is 2. The van der Waals surface area contributed by atoms with E-state index in [0.717, 1.165) is 25.3 Å². The van der Waals surface area contributed by atoms with Gasteiger partial charge >= 0.3 is 6.09 Å². The number of anilines is 2. The first-order valence-corrected chi connectivity index (χ1v) is 5.76. The molecule has 1 aromatic rings. The Labute approximate surface area is 105 Å². The predicted octanol–water partition coefficient (Wildman–Crippen LogP) is 0.302. The SMILES string of the molecule is COC(=O)NC1CCN(c2cccc(NN)n2)C1. The molecule has 1 unspecified atom stereocenters. The number of nitrogens with two attached hydrogens (primary N) is 1. The third kappa shape index (κ3) is 2.80. The fourth-order valence-corrected chi connectivity index (χ4v) is 1.99. The van der Waals surface area contributed by atoms with Crippen LogP contribution in [0.15, 0.2) is 18.2 Å². The van der Waals surface area contributed by atoms with E-state index in [1.807, 2.05) is 12.1 Å². The molecule has 1 aliphatic heterocycles. The maximum absolute atomic E-state index is 11.1. The van der Waals surface area contributed by atoms with Crippen molar-refractivity contribution in [3.05, 3.63) is 18.2 Å². The van der Waals surface area contributed by atoms with E-state index in [0.29, 0.717) is 5.82 Å². The van der Waals surface area contributed by atoms with Gasteiger partial charge in [-0.05, 0) is 18.6 Å². The van der Waals surface area contributed by atoms with Crippen molar-refractivity contribution in [1.29, 1.82) is 0 Å². The van der Waals surface area contributed by atoms with Crippen LogP contribution in [-0.2, 0) is 4.74 Å². The van der Waals surface area contributed by atoms with Crippen LogP contribution in [0, 0.1) is 0 Å². The third-order valence-corrected chi connectivity index (χ3v) is 2.90. The fourth-order valence-electron chi connectivity index (χ4n) is 1.99. The van der Waals surface area contributed by atoms with E-state index in [-0.39, 0.29) is 6.04 Å². The van der Waals surface area contributed by atoms with Gasteiger partial charge in [-0.2, -0.15) is 0 Å². The number of amides is 1. The summed E-state index contributed by atoms with van der Waals surface area (Å²) in [4.78, 5) is 17.6. The van der Waals surface area contributed by atoms with E-state index < -0.39 is 6.09 Å². The van der Waals surface area contributed by atoms with Crippen molar-refractivity contribution in [2.75, 3.05) is 30.5 Å². The van der Waals surface area contributed by atoms with Crippen molar-refractivity contribution < 1.29 is 9.53 Å². The second kappa shape index (κ2) is 5.54. The van der Waals surface area contributed by atoms with Gasteiger partial charge in [0.25, 0.3) is 0 Å². The Morgan fingerprint density at radius 2 is 2.44 bits per heavy atom. The van der Waals surface area contributed by atoms with E-state index in [9.17, 15) is 4.79 Å². The molecule has 0 spiro atoms. The second-order valence-corrected chi connectivity index (χ2v) is 4.09. The van der Waals surface area contributed by atoms with Crippen molar-refractivity contribution in [2.45, 2.75) is 12.5 Å². The molecule has 7 nitrogen and oxygen atoms in total. The lowest BCUT2D eigenvalue weighted by atomic mass is 10.3. The van der Waals surface area contributed by atoms with Crippen molar-refractivity contribution >= 4 is 17.7 Å². The highest BCUT2D eigenvalue weighted by Crippen LogP contribution is 2.19. The van der Waals surface area contributed by atoms with Crippen molar-refractivity contribution in [2.24, 2.45) is 5.84 Å². The van der Waals surface area contributed by atoms with Gasteiger partial charge in [0.15, 0.2) is 0 Å². The number of nitrogen functional groups attached to an aromatic ring is 1. The molecule has 1 aromatic heterocycles. The summed E-state index contributed by atoms with van der Waals surface area (Å²) in [5.41, 5.74) is 2.52. The molecule has 0 bridgehead atoms. The van der Waals surface area contributed by atoms with Crippen LogP contribution in [0.3, 0.4) is 0 Å². The third-order valence-electron chi connectivity index (χ3n) is 2.90. The maximum Gasteiger partial charge on any atom is 0.407 e. The first kappa shape index (κ1) is 12.4. The van der Waals surface area contributed by atoms with Crippen LogP contribution in [-0.4, -0.2) is 37.3 Å². The lowest BCUT2D eigenvalue weighted by Gasteiger charge is -2.18. The number of hydrogen-bond acceptors (Lipinski definition) is 6. The molecule has 4 N–H and O–H groups in total. The Hall–Kier alpha value is -2.02. The first-order chi connectivity index (χ1) is 8.72. The molecule has 0 aliphatic carbocycles. The van der Waals surface area contributed by atoms with E-state index in [1.165, 1.54) is 7.11 Å². The minimum absolute atomic E-state index is 0.0914. The molecule has 0 saturated carbocycles. The van der Waals surface area contributed by atoms with E-state index in [2.05, 4.69) is 25.4 Å². The molecule has 98 valence electrons. The van der Waals surface area contributed by atoms with Crippen LogP contribution >= 0.6 is 0 Å². The van der Waals surface area contributed by atoms with Gasteiger partial charge in [0.1, 0.15) is 11.6 Å². The number of carbonyl (C=O) groups is 1. The zero-order valence-electron chi connectivity index (χ0n) is 10.2. The Morgan fingerprint density at radius 1 is 1.61 bits per heavy atom. The minimum Gasteiger partial charge on any atom is -0.453 e. The smallest absolute Gasteiger partial charge is 0.407 e. The molecule has 0 radical (unpaired) electrons. The molecule has 7 heteroatoms. The molecule has 2 heterocycles. The number of alkyl carbamates (subject to hydrolysis) is 1. The van der Waals surface area contributed by atoms with Crippen LogP contribution in [0.1, 0.15) is 6.42 Å². The molecule has 0 aromatic carbocycles. The van der Waals surface area contributed by atoms with Gasteiger partial charge < -0.3 is 20.4 Å². The van der Waals surface area contributed by atoms with Gasteiger partial charge in [-0.3, -0.25) is 0 Å². The highest BCUT2D eigenvalue weighted by Gasteiger charge is 2.25. The van der Waals surface area contributed by atoms with Crippen LogP contribution in [0.2, 0.25) is 0 Å². The van der Waals surface area contributed by atoms with E-state index in [4.69, 9.17) is 5.84 Å². The molecular weight excluding hydrogens is 234 g/mol. The summed E-state index contributed by atoms with van der Waals surface area (Å²) < 4.78 is 4.58. The number of aromatic nitrogens is 1. The summed E-state index contributed by atoms with van der Waals surface area (Å²) in [5.74, 6) is 6.79. The quantitative estimate of drug-likeness (QED) is 0.528. The van der Waals surface area contributed by atoms with Gasteiger partial charge in [-0.25, -0.2) is 15.6 Å². The average molecular weight is 251 g/mol. The molecular formula is C11H17N5O2. The summed E-state index contributed by atoms with van der Waals surface area (Å²) in [7, 11) is 1.36. The molecule has 18 heavy (non-hydrogen) atoms. The van der Waals surface area contributed by atoms with Gasteiger partial charge in [0, 0.05) is 13.1 Å². The van der Waals surface area contributed by atoms with Crippen molar-refractivity contribution in [3.8, 4) is 0 Å². The molecule has 1 fully saturated rings. The summed E-state index contributed by atoms with van der Waals surface area (Å²) in [6.07, 6.45) is 0.476. The number of ether oxygens (including phenoxy) is 1. The van der Waals surface area contributed by atoms with Crippen LogP contribution in [0.25, 0.3) is 0 Å². The normalized spacial score (nSPS) is 18.6. The van der Waals surface area contributed by atoms with Crippen LogP contribution in [0.5, 0.6) is 0 Å². The molecule has 1 amide bonds. The van der Waals surface area contributed by atoms with Crippen LogP contribution < -0.4 is 21.5 Å². The van der Waals surface area contributed by atoms with Crippen LogP contribution in [0.4, 0.5) is 16.4 Å². The topological polar surface area (TPSA) is 92.5 Å². The lowest BCUT2D eigenvalue weighted by Crippen LogP contribution is -2.37.